The number of rotatable bonds is 7. The zero-order chi connectivity index (χ0) is 13.6. The van der Waals surface area contributed by atoms with Crippen LogP contribution in [0.5, 0.6) is 0 Å². The van der Waals surface area contributed by atoms with Gasteiger partial charge in [-0.15, -0.1) is 11.6 Å². The molecule has 0 aromatic heterocycles. The van der Waals surface area contributed by atoms with Gasteiger partial charge in [-0.25, -0.2) is 13.1 Å². The van der Waals surface area contributed by atoms with Crippen molar-refractivity contribution in [3.8, 4) is 0 Å². The fourth-order valence-electron chi connectivity index (χ4n) is 2.23. The second kappa shape index (κ2) is 7.68. The fraction of sp³-hybridized carbons (Fsp3) is 1.00. The van der Waals surface area contributed by atoms with Crippen molar-refractivity contribution in [3.63, 3.8) is 0 Å². The third-order valence-electron chi connectivity index (χ3n) is 3.51. The first kappa shape index (κ1) is 16.2. The molecule has 0 amide bonds. The number of sulfonamides is 1. The molecule has 0 aromatic rings. The molecule has 0 spiro atoms. The molecule has 1 aliphatic heterocycles. The van der Waals surface area contributed by atoms with Crippen LogP contribution < -0.4 is 4.72 Å². The Hall–Kier alpha value is 0.160. The predicted octanol–water partition coefficient (Wildman–Crippen LogP) is 1.51. The molecule has 0 radical (unpaired) electrons. The van der Waals surface area contributed by atoms with Gasteiger partial charge in [-0.05, 0) is 44.3 Å². The number of nitrogens with zero attached hydrogens (tertiary/aromatic N) is 1. The number of hydrogen-bond donors (Lipinski definition) is 1. The van der Waals surface area contributed by atoms with Crippen LogP contribution in [0.25, 0.3) is 0 Å². The van der Waals surface area contributed by atoms with Crippen LogP contribution in [0.1, 0.15) is 26.7 Å². The summed E-state index contributed by atoms with van der Waals surface area (Å²) in [4.78, 5) is 2.40. The number of alkyl halides is 1. The topological polar surface area (TPSA) is 49.4 Å². The molecule has 1 aliphatic rings. The van der Waals surface area contributed by atoms with Crippen LogP contribution in [0.15, 0.2) is 0 Å². The molecule has 1 atom stereocenters. The van der Waals surface area contributed by atoms with Crippen LogP contribution in [-0.2, 0) is 10.0 Å². The van der Waals surface area contributed by atoms with Crippen LogP contribution in [0.4, 0.5) is 0 Å². The average molecular weight is 297 g/mol. The minimum atomic E-state index is -3.16. The molecule has 0 aliphatic carbocycles. The van der Waals surface area contributed by atoms with Crippen molar-refractivity contribution in [2.75, 3.05) is 37.8 Å². The summed E-state index contributed by atoms with van der Waals surface area (Å²) >= 11 is 5.64. The first-order valence-electron chi connectivity index (χ1n) is 6.72. The normalized spacial score (nSPS) is 21.1. The maximum absolute atomic E-state index is 11.8. The molecule has 108 valence electrons. The highest BCUT2D eigenvalue weighted by Gasteiger charge is 2.21. The summed E-state index contributed by atoms with van der Waals surface area (Å²) in [6.45, 7) is 7.85. The Kier molecular flexibility index (Phi) is 6.92. The SMILES string of the molecule is CCN1CCC(CNS(=O)(=O)CC(C)CCl)CC1. The van der Waals surface area contributed by atoms with E-state index in [4.69, 9.17) is 11.6 Å². The van der Waals surface area contributed by atoms with E-state index in [9.17, 15) is 8.42 Å². The van der Waals surface area contributed by atoms with E-state index in [1.165, 1.54) is 0 Å². The highest BCUT2D eigenvalue weighted by Crippen LogP contribution is 2.16. The Bertz CT molecular complexity index is 327. The monoisotopic (exact) mass is 296 g/mol. The molecule has 6 heteroatoms. The van der Waals surface area contributed by atoms with E-state index in [-0.39, 0.29) is 11.7 Å². The third kappa shape index (κ3) is 5.87. The fourth-order valence-corrected chi connectivity index (χ4v) is 3.94. The van der Waals surface area contributed by atoms with Crippen molar-refractivity contribution in [1.82, 2.24) is 9.62 Å². The molecule has 0 saturated carbocycles. The van der Waals surface area contributed by atoms with Gasteiger partial charge in [0.2, 0.25) is 10.0 Å². The number of piperidine rings is 1. The van der Waals surface area contributed by atoms with E-state index >= 15 is 0 Å². The second-order valence-corrected chi connectivity index (χ2v) is 7.43. The van der Waals surface area contributed by atoms with E-state index in [0.29, 0.717) is 18.3 Å². The van der Waals surface area contributed by atoms with Gasteiger partial charge in [0.25, 0.3) is 0 Å². The minimum absolute atomic E-state index is 0.00565. The minimum Gasteiger partial charge on any atom is -0.304 e. The molecule has 1 rings (SSSR count). The molecule has 18 heavy (non-hydrogen) atoms. The van der Waals surface area contributed by atoms with Gasteiger partial charge in [-0.3, -0.25) is 0 Å². The van der Waals surface area contributed by atoms with Crippen molar-refractivity contribution >= 4 is 21.6 Å². The lowest BCUT2D eigenvalue weighted by Crippen LogP contribution is -2.39. The summed E-state index contributed by atoms with van der Waals surface area (Å²) in [5.41, 5.74) is 0. The second-order valence-electron chi connectivity index (χ2n) is 5.27. The summed E-state index contributed by atoms with van der Waals surface area (Å²) < 4.78 is 26.3. The predicted molar refractivity (Wildman–Crippen MR) is 76.5 cm³/mol. The van der Waals surface area contributed by atoms with E-state index in [0.717, 1.165) is 32.5 Å². The van der Waals surface area contributed by atoms with Gasteiger partial charge in [0.15, 0.2) is 0 Å². The van der Waals surface area contributed by atoms with Crippen LogP contribution in [0.3, 0.4) is 0 Å². The maximum atomic E-state index is 11.8. The maximum Gasteiger partial charge on any atom is 0.211 e. The van der Waals surface area contributed by atoms with Crippen molar-refractivity contribution in [2.45, 2.75) is 26.7 Å². The van der Waals surface area contributed by atoms with E-state index in [1.807, 2.05) is 6.92 Å². The first-order chi connectivity index (χ1) is 8.46. The van der Waals surface area contributed by atoms with Gasteiger partial charge < -0.3 is 4.90 Å². The molecule has 0 bridgehead atoms. The molecule has 1 fully saturated rings. The number of halogens is 1. The van der Waals surface area contributed by atoms with Gasteiger partial charge in [0, 0.05) is 12.4 Å². The van der Waals surface area contributed by atoms with Crippen molar-refractivity contribution in [3.05, 3.63) is 0 Å². The average Bonchev–Trinajstić information content (AvgIpc) is 2.36. The Morgan fingerprint density at radius 3 is 2.50 bits per heavy atom. The first-order valence-corrected chi connectivity index (χ1v) is 8.91. The van der Waals surface area contributed by atoms with Gasteiger partial charge >= 0.3 is 0 Å². The lowest BCUT2D eigenvalue weighted by molar-refractivity contribution is 0.193. The van der Waals surface area contributed by atoms with E-state index in [1.54, 1.807) is 0 Å². The summed E-state index contributed by atoms with van der Waals surface area (Å²) in [6, 6.07) is 0. The summed E-state index contributed by atoms with van der Waals surface area (Å²) in [5.74, 6) is 1.00. The van der Waals surface area contributed by atoms with E-state index < -0.39 is 10.0 Å². The Labute approximate surface area is 116 Å². The lowest BCUT2D eigenvalue weighted by atomic mass is 9.97. The van der Waals surface area contributed by atoms with Gasteiger partial charge in [0.1, 0.15) is 0 Å². The third-order valence-corrected chi connectivity index (χ3v) is 5.65. The highest BCUT2D eigenvalue weighted by atomic mass is 35.5. The summed E-state index contributed by atoms with van der Waals surface area (Å²) in [5, 5.41) is 0. The van der Waals surface area contributed by atoms with Crippen molar-refractivity contribution in [2.24, 2.45) is 11.8 Å². The Morgan fingerprint density at radius 1 is 1.39 bits per heavy atom. The molecule has 1 N–H and O–H groups in total. The molecule has 4 nitrogen and oxygen atoms in total. The van der Waals surface area contributed by atoms with Crippen molar-refractivity contribution in [1.29, 1.82) is 0 Å². The number of likely N-dealkylation sites (tertiary alicyclic amines) is 1. The van der Waals surface area contributed by atoms with Crippen molar-refractivity contribution < 1.29 is 8.42 Å². The number of nitrogens with one attached hydrogen (secondary N) is 1. The largest absolute Gasteiger partial charge is 0.304 e. The number of hydrogen-bond acceptors (Lipinski definition) is 3. The lowest BCUT2D eigenvalue weighted by Gasteiger charge is -2.31. The zero-order valence-corrected chi connectivity index (χ0v) is 12.9. The Morgan fingerprint density at radius 2 is 2.00 bits per heavy atom. The van der Waals surface area contributed by atoms with Gasteiger partial charge in [-0.2, -0.15) is 0 Å². The quantitative estimate of drug-likeness (QED) is 0.725. The molecule has 1 unspecified atom stereocenters. The molecule has 1 heterocycles. The smallest absolute Gasteiger partial charge is 0.211 e. The van der Waals surface area contributed by atoms with Crippen LogP contribution in [-0.4, -0.2) is 51.1 Å². The summed E-state index contributed by atoms with van der Waals surface area (Å²) in [6.07, 6.45) is 2.17. The zero-order valence-electron chi connectivity index (χ0n) is 11.4. The van der Waals surface area contributed by atoms with E-state index in [2.05, 4.69) is 16.5 Å². The molecule has 1 saturated heterocycles. The Balaban J connectivity index is 2.28. The molecular formula is C12H25ClN2O2S. The van der Waals surface area contributed by atoms with Gasteiger partial charge in [0.05, 0.1) is 5.75 Å². The van der Waals surface area contributed by atoms with Crippen LogP contribution in [0.2, 0.25) is 0 Å². The molecular weight excluding hydrogens is 272 g/mol. The van der Waals surface area contributed by atoms with Crippen LogP contribution in [0, 0.1) is 11.8 Å². The van der Waals surface area contributed by atoms with Crippen LogP contribution >= 0.6 is 11.6 Å². The highest BCUT2D eigenvalue weighted by molar-refractivity contribution is 7.89. The van der Waals surface area contributed by atoms with Gasteiger partial charge in [-0.1, -0.05) is 13.8 Å². The molecule has 0 aromatic carbocycles. The standard InChI is InChI=1S/C12H25ClN2O2S/c1-3-15-6-4-12(5-7-15)9-14-18(16,17)10-11(2)8-13/h11-12,14H,3-10H2,1-2H3. The summed E-state index contributed by atoms with van der Waals surface area (Å²) in [7, 11) is -3.16.